The Balaban J connectivity index is 1.88. The lowest BCUT2D eigenvalue weighted by Gasteiger charge is -2.14. The molecule has 3 rings (SSSR count). The van der Waals surface area contributed by atoms with Crippen LogP contribution in [0.15, 0.2) is 12.1 Å². The first-order valence-electron chi connectivity index (χ1n) is 5.67. The van der Waals surface area contributed by atoms with Gasteiger partial charge in [-0.2, -0.15) is 0 Å². The lowest BCUT2D eigenvalue weighted by molar-refractivity contribution is -0.115. The summed E-state index contributed by atoms with van der Waals surface area (Å²) in [6.45, 7) is 0.976. The summed E-state index contributed by atoms with van der Waals surface area (Å²) in [5, 5.41) is 2.58. The average molecular weight is 250 g/mol. The smallest absolute Gasteiger partial charge is 0.410 e. The van der Waals surface area contributed by atoms with Crippen molar-refractivity contribution in [3.05, 3.63) is 29.1 Å². The summed E-state index contributed by atoms with van der Waals surface area (Å²) < 4.78 is 18.9. The van der Waals surface area contributed by atoms with Gasteiger partial charge in [0.2, 0.25) is 5.91 Å². The Bertz CT molecular complexity index is 544. The summed E-state index contributed by atoms with van der Waals surface area (Å²) in [7, 11) is 0. The van der Waals surface area contributed by atoms with Gasteiger partial charge in [0.05, 0.1) is 19.5 Å². The summed E-state index contributed by atoms with van der Waals surface area (Å²) in [6, 6.07) is 3.26. The lowest BCUT2D eigenvalue weighted by Crippen LogP contribution is -2.24. The van der Waals surface area contributed by atoms with E-state index in [0.717, 1.165) is 0 Å². The van der Waals surface area contributed by atoms with Gasteiger partial charge in [-0.05, 0) is 6.07 Å². The second-order valence-electron chi connectivity index (χ2n) is 4.33. The number of amides is 2. The van der Waals surface area contributed by atoms with Gasteiger partial charge in [0.1, 0.15) is 12.4 Å². The number of benzene rings is 1. The van der Waals surface area contributed by atoms with Crippen LogP contribution in [0.4, 0.5) is 14.9 Å². The fourth-order valence-corrected chi connectivity index (χ4v) is 2.21. The van der Waals surface area contributed by atoms with Gasteiger partial charge in [0.25, 0.3) is 0 Å². The van der Waals surface area contributed by atoms with Crippen molar-refractivity contribution in [2.24, 2.45) is 0 Å². The molecular weight excluding hydrogens is 239 g/mol. The molecule has 1 aromatic carbocycles. The molecule has 18 heavy (non-hydrogen) atoms. The number of hydrogen-bond donors (Lipinski definition) is 1. The number of anilines is 1. The maximum Gasteiger partial charge on any atom is 0.410 e. The second kappa shape index (κ2) is 3.97. The third-order valence-electron chi connectivity index (χ3n) is 3.14. The summed E-state index contributed by atoms with van der Waals surface area (Å²) in [6.07, 6.45) is -0.372. The predicted molar refractivity (Wildman–Crippen MR) is 60.5 cm³/mol. The number of carbonyl (C=O) groups excluding carboxylic acids is 2. The quantitative estimate of drug-likeness (QED) is 0.860. The Morgan fingerprint density at radius 2 is 2.22 bits per heavy atom. The average Bonchev–Trinajstić information content (AvgIpc) is 2.90. The molecule has 0 atom stereocenters. The van der Waals surface area contributed by atoms with Crippen LogP contribution < -0.4 is 5.32 Å². The van der Waals surface area contributed by atoms with Crippen molar-refractivity contribution >= 4 is 17.7 Å². The fourth-order valence-electron chi connectivity index (χ4n) is 2.21. The zero-order valence-corrected chi connectivity index (χ0v) is 9.53. The van der Waals surface area contributed by atoms with E-state index in [2.05, 4.69) is 5.32 Å². The molecule has 1 aromatic rings. The van der Waals surface area contributed by atoms with E-state index in [-0.39, 0.29) is 18.9 Å². The van der Waals surface area contributed by atoms with Gasteiger partial charge in [-0.3, -0.25) is 4.79 Å². The number of cyclic esters (lactones) is 1. The number of nitrogens with one attached hydrogen (secondary N) is 1. The number of carbonyl (C=O) groups is 2. The minimum Gasteiger partial charge on any atom is -0.448 e. The predicted octanol–water partition coefficient (Wildman–Crippen LogP) is 1.27. The SMILES string of the molecule is O=C1Cc2c(ccc(CN3CCOC3=O)c2F)N1. The van der Waals surface area contributed by atoms with E-state index in [9.17, 15) is 14.0 Å². The third-order valence-corrected chi connectivity index (χ3v) is 3.14. The molecule has 2 aliphatic heterocycles. The molecule has 0 aliphatic carbocycles. The molecule has 0 unspecified atom stereocenters. The molecule has 2 amide bonds. The van der Waals surface area contributed by atoms with Gasteiger partial charge in [0, 0.05) is 16.8 Å². The van der Waals surface area contributed by atoms with Crippen molar-refractivity contribution in [3.8, 4) is 0 Å². The zero-order chi connectivity index (χ0) is 12.7. The molecule has 5 nitrogen and oxygen atoms in total. The van der Waals surface area contributed by atoms with Gasteiger partial charge < -0.3 is 15.0 Å². The maximum absolute atomic E-state index is 14.2. The van der Waals surface area contributed by atoms with E-state index >= 15 is 0 Å². The third kappa shape index (κ3) is 1.70. The van der Waals surface area contributed by atoms with Gasteiger partial charge in [0.15, 0.2) is 0 Å². The Labute approximate surface area is 103 Å². The number of fused-ring (bicyclic) bond motifs is 1. The van der Waals surface area contributed by atoms with Crippen molar-refractivity contribution in [2.75, 3.05) is 18.5 Å². The van der Waals surface area contributed by atoms with Crippen LogP contribution in [0.5, 0.6) is 0 Å². The minimum absolute atomic E-state index is 0.0550. The van der Waals surface area contributed by atoms with Crippen LogP contribution in [-0.2, 0) is 22.5 Å². The first kappa shape index (κ1) is 11.0. The molecule has 6 heteroatoms. The first-order valence-corrected chi connectivity index (χ1v) is 5.67. The van der Waals surface area contributed by atoms with Gasteiger partial charge in [-0.15, -0.1) is 0 Å². The highest BCUT2D eigenvalue weighted by atomic mass is 19.1. The largest absolute Gasteiger partial charge is 0.448 e. The number of ether oxygens (including phenoxy) is 1. The monoisotopic (exact) mass is 250 g/mol. The lowest BCUT2D eigenvalue weighted by atomic mass is 10.1. The van der Waals surface area contributed by atoms with Gasteiger partial charge in [-0.25, -0.2) is 9.18 Å². The molecule has 1 saturated heterocycles. The fraction of sp³-hybridized carbons (Fsp3) is 0.333. The summed E-state index contributed by atoms with van der Waals surface area (Å²) in [5.74, 6) is -0.618. The standard InChI is InChI=1S/C12H11FN2O3/c13-11-7(6-15-3-4-18-12(15)17)1-2-9-8(11)5-10(16)14-9/h1-2H,3-6H2,(H,14,16). The molecule has 1 N–H and O–H groups in total. The molecule has 94 valence electrons. The summed E-state index contributed by atoms with van der Waals surface area (Å²) in [5.41, 5.74) is 1.31. The van der Waals surface area contributed by atoms with Crippen molar-refractivity contribution in [1.29, 1.82) is 0 Å². The Hall–Kier alpha value is -2.11. The number of halogens is 1. The summed E-state index contributed by atoms with van der Waals surface area (Å²) >= 11 is 0. The first-order chi connectivity index (χ1) is 8.65. The number of nitrogens with zero attached hydrogens (tertiary/aromatic N) is 1. The molecule has 2 aliphatic rings. The van der Waals surface area contributed by atoms with Crippen molar-refractivity contribution in [1.82, 2.24) is 4.90 Å². The van der Waals surface area contributed by atoms with E-state index in [1.54, 1.807) is 12.1 Å². The molecule has 0 bridgehead atoms. The Morgan fingerprint density at radius 1 is 1.39 bits per heavy atom. The minimum atomic E-state index is -0.427. The normalized spacial score (nSPS) is 17.7. The van der Waals surface area contributed by atoms with Crippen molar-refractivity contribution < 1.29 is 18.7 Å². The molecule has 0 saturated carbocycles. The molecule has 0 spiro atoms. The van der Waals surface area contributed by atoms with Crippen LogP contribution in [0.1, 0.15) is 11.1 Å². The Kier molecular flexibility index (Phi) is 2.43. The van der Waals surface area contributed by atoms with Crippen LogP contribution in [0.3, 0.4) is 0 Å². The number of rotatable bonds is 2. The van der Waals surface area contributed by atoms with E-state index in [4.69, 9.17) is 4.74 Å². The van der Waals surface area contributed by atoms with Crippen LogP contribution in [0.2, 0.25) is 0 Å². The van der Waals surface area contributed by atoms with Crippen LogP contribution >= 0.6 is 0 Å². The molecular formula is C12H11FN2O3. The highest BCUT2D eigenvalue weighted by molar-refractivity contribution is 5.99. The van der Waals surface area contributed by atoms with Crippen LogP contribution in [-0.4, -0.2) is 30.1 Å². The topological polar surface area (TPSA) is 58.6 Å². The Morgan fingerprint density at radius 3 is 2.94 bits per heavy atom. The van der Waals surface area contributed by atoms with Crippen LogP contribution in [0, 0.1) is 5.82 Å². The van der Waals surface area contributed by atoms with E-state index in [1.165, 1.54) is 4.90 Å². The molecule has 0 aromatic heterocycles. The molecule has 1 fully saturated rings. The van der Waals surface area contributed by atoms with E-state index < -0.39 is 11.9 Å². The zero-order valence-electron chi connectivity index (χ0n) is 9.53. The molecule has 0 radical (unpaired) electrons. The highest BCUT2D eigenvalue weighted by Crippen LogP contribution is 2.28. The number of hydrogen-bond acceptors (Lipinski definition) is 3. The molecule has 2 heterocycles. The second-order valence-corrected chi connectivity index (χ2v) is 4.33. The van der Waals surface area contributed by atoms with Gasteiger partial charge >= 0.3 is 6.09 Å². The van der Waals surface area contributed by atoms with E-state index in [0.29, 0.717) is 30.0 Å². The summed E-state index contributed by atoms with van der Waals surface area (Å²) in [4.78, 5) is 23.9. The maximum atomic E-state index is 14.2. The van der Waals surface area contributed by atoms with Crippen molar-refractivity contribution in [2.45, 2.75) is 13.0 Å². The van der Waals surface area contributed by atoms with Crippen LogP contribution in [0.25, 0.3) is 0 Å². The highest BCUT2D eigenvalue weighted by Gasteiger charge is 2.26. The van der Waals surface area contributed by atoms with Crippen molar-refractivity contribution in [3.63, 3.8) is 0 Å². The van der Waals surface area contributed by atoms with Gasteiger partial charge in [-0.1, -0.05) is 6.07 Å². The van der Waals surface area contributed by atoms with E-state index in [1.807, 2.05) is 0 Å².